The number of carbonyl (C=O) groups excluding carboxylic acids is 1. The van der Waals surface area contributed by atoms with E-state index in [1.165, 1.54) is 11.1 Å². The SMILES string of the molecule is Cc1nc(C)c(C(=O)N2CCC(=Cc3ccccc3)CC2)o1. The molecule has 3 rings (SSSR count). The Morgan fingerprint density at radius 1 is 1.18 bits per heavy atom. The normalized spacial score (nSPS) is 15.0. The number of likely N-dealkylation sites (tertiary alicyclic amines) is 1. The molecule has 1 aliphatic rings. The number of nitrogens with zero attached hydrogens (tertiary/aromatic N) is 2. The first-order valence-corrected chi connectivity index (χ1v) is 7.61. The fourth-order valence-corrected chi connectivity index (χ4v) is 2.80. The lowest BCUT2D eigenvalue weighted by molar-refractivity contribution is 0.0709. The van der Waals surface area contributed by atoms with Gasteiger partial charge in [0.25, 0.3) is 5.91 Å². The molecule has 2 heterocycles. The van der Waals surface area contributed by atoms with Crippen LogP contribution >= 0.6 is 0 Å². The summed E-state index contributed by atoms with van der Waals surface area (Å²) in [4.78, 5) is 18.5. The van der Waals surface area contributed by atoms with Gasteiger partial charge in [-0.25, -0.2) is 4.98 Å². The summed E-state index contributed by atoms with van der Waals surface area (Å²) >= 11 is 0. The van der Waals surface area contributed by atoms with Gasteiger partial charge in [0.1, 0.15) is 0 Å². The maximum atomic E-state index is 12.5. The maximum Gasteiger partial charge on any atom is 0.291 e. The summed E-state index contributed by atoms with van der Waals surface area (Å²) in [7, 11) is 0. The van der Waals surface area contributed by atoms with Gasteiger partial charge >= 0.3 is 0 Å². The van der Waals surface area contributed by atoms with Crippen LogP contribution < -0.4 is 0 Å². The van der Waals surface area contributed by atoms with Crippen molar-refractivity contribution in [3.8, 4) is 0 Å². The predicted molar refractivity (Wildman–Crippen MR) is 85.5 cm³/mol. The number of aryl methyl sites for hydroxylation is 2. The van der Waals surface area contributed by atoms with E-state index in [0.717, 1.165) is 25.9 Å². The van der Waals surface area contributed by atoms with Crippen molar-refractivity contribution in [3.05, 3.63) is 58.8 Å². The van der Waals surface area contributed by atoms with Crippen molar-refractivity contribution in [3.63, 3.8) is 0 Å². The van der Waals surface area contributed by atoms with Crippen LogP contribution in [0.2, 0.25) is 0 Å². The van der Waals surface area contributed by atoms with Gasteiger partial charge in [0, 0.05) is 20.0 Å². The van der Waals surface area contributed by atoms with E-state index in [-0.39, 0.29) is 5.91 Å². The van der Waals surface area contributed by atoms with E-state index in [1.807, 2.05) is 30.0 Å². The van der Waals surface area contributed by atoms with Gasteiger partial charge in [-0.1, -0.05) is 42.0 Å². The molecular formula is C18H20N2O2. The minimum Gasteiger partial charge on any atom is -0.436 e. The monoisotopic (exact) mass is 296 g/mol. The van der Waals surface area contributed by atoms with Gasteiger partial charge in [0.05, 0.1) is 5.69 Å². The summed E-state index contributed by atoms with van der Waals surface area (Å²) in [6.07, 6.45) is 4.05. The molecule has 0 unspecified atom stereocenters. The average molecular weight is 296 g/mol. The smallest absolute Gasteiger partial charge is 0.291 e. The lowest BCUT2D eigenvalue weighted by Gasteiger charge is -2.27. The molecule has 0 bridgehead atoms. The van der Waals surface area contributed by atoms with Crippen LogP contribution in [0.1, 0.15) is 40.5 Å². The van der Waals surface area contributed by atoms with Gasteiger partial charge in [-0.3, -0.25) is 4.79 Å². The number of carbonyl (C=O) groups is 1. The maximum absolute atomic E-state index is 12.5. The molecule has 1 aromatic carbocycles. The predicted octanol–water partition coefficient (Wildman–Crippen LogP) is 3.61. The molecule has 0 atom stereocenters. The van der Waals surface area contributed by atoms with Gasteiger partial charge in [-0.05, 0) is 25.3 Å². The molecule has 1 saturated heterocycles. The van der Waals surface area contributed by atoms with Crippen LogP contribution in [-0.4, -0.2) is 28.9 Å². The summed E-state index contributed by atoms with van der Waals surface area (Å²) in [5.74, 6) is 0.882. The third-order valence-corrected chi connectivity index (χ3v) is 3.96. The van der Waals surface area contributed by atoms with E-state index < -0.39 is 0 Å². The van der Waals surface area contributed by atoms with Crippen LogP contribution in [0, 0.1) is 13.8 Å². The molecule has 0 aliphatic carbocycles. The summed E-state index contributed by atoms with van der Waals surface area (Å²) in [5.41, 5.74) is 3.29. The largest absolute Gasteiger partial charge is 0.436 e. The standard InChI is InChI=1S/C18H20N2O2/c1-13-17(22-14(2)19-13)18(21)20-10-8-16(9-11-20)12-15-6-4-3-5-7-15/h3-7,12H,8-11H2,1-2H3. The highest BCUT2D eigenvalue weighted by molar-refractivity contribution is 5.92. The fourth-order valence-electron chi connectivity index (χ4n) is 2.80. The van der Waals surface area contributed by atoms with Crippen LogP contribution in [0.5, 0.6) is 0 Å². The van der Waals surface area contributed by atoms with Crippen molar-refractivity contribution in [1.29, 1.82) is 0 Å². The van der Waals surface area contributed by atoms with Crippen LogP contribution in [0.3, 0.4) is 0 Å². The average Bonchev–Trinajstić information content (AvgIpc) is 2.87. The quantitative estimate of drug-likeness (QED) is 0.850. The number of aromatic nitrogens is 1. The van der Waals surface area contributed by atoms with E-state index in [9.17, 15) is 4.79 Å². The highest BCUT2D eigenvalue weighted by Gasteiger charge is 2.25. The Morgan fingerprint density at radius 3 is 2.45 bits per heavy atom. The summed E-state index contributed by atoms with van der Waals surface area (Å²) in [5, 5.41) is 0. The second-order valence-corrected chi connectivity index (χ2v) is 5.65. The fraction of sp³-hybridized carbons (Fsp3) is 0.333. The Balaban J connectivity index is 1.66. The van der Waals surface area contributed by atoms with E-state index >= 15 is 0 Å². The zero-order valence-electron chi connectivity index (χ0n) is 13.0. The third kappa shape index (κ3) is 3.11. The highest BCUT2D eigenvalue weighted by Crippen LogP contribution is 2.22. The molecule has 0 radical (unpaired) electrons. The first kappa shape index (κ1) is 14.6. The van der Waals surface area contributed by atoms with Crippen LogP contribution in [0.4, 0.5) is 0 Å². The van der Waals surface area contributed by atoms with Crippen LogP contribution in [0.15, 0.2) is 40.3 Å². The van der Waals surface area contributed by atoms with E-state index in [0.29, 0.717) is 17.3 Å². The van der Waals surface area contributed by atoms with Gasteiger partial charge in [-0.15, -0.1) is 0 Å². The van der Waals surface area contributed by atoms with E-state index in [4.69, 9.17) is 4.42 Å². The number of hydrogen-bond acceptors (Lipinski definition) is 3. The van der Waals surface area contributed by atoms with Crippen molar-refractivity contribution >= 4 is 12.0 Å². The summed E-state index contributed by atoms with van der Waals surface area (Å²) in [6, 6.07) is 10.3. The number of hydrogen-bond donors (Lipinski definition) is 0. The Morgan fingerprint density at radius 2 is 1.86 bits per heavy atom. The molecule has 22 heavy (non-hydrogen) atoms. The van der Waals surface area contributed by atoms with E-state index in [1.54, 1.807) is 6.92 Å². The molecule has 1 amide bonds. The zero-order valence-corrected chi connectivity index (χ0v) is 13.0. The Bertz CT molecular complexity index is 691. The molecule has 4 heteroatoms. The van der Waals surface area contributed by atoms with Crippen LogP contribution in [-0.2, 0) is 0 Å². The molecule has 0 spiro atoms. The highest BCUT2D eigenvalue weighted by atomic mass is 16.4. The Kier molecular flexibility index (Phi) is 4.09. The molecule has 0 saturated carbocycles. The minimum atomic E-state index is -0.0446. The summed E-state index contributed by atoms with van der Waals surface area (Å²) in [6.45, 7) is 5.04. The number of benzene rings is 1. The van der Waals surface area contributed by atoms with Crippen molar-refractivity contribution in [2.45, 2.75) is 26.7 Å². The topological polar surface area (TPSA) is 46.3 Å². The van der Waals surface area contributed by atoms with Gasteiger partial charge < -0.3 is 9.32 Å². The van der Waals surface area contributed by atoms with Crippen molar-refractivity contribution < 1.29 is 9.21 Å². The molecule has 1 fully saturated rings. The second-order valence-electron chi connectivity index (χ2n) is 5.65. The Hall–Kier alpha value is -2.36. The van der Waals surface area contributed by atoms with E-state index in [2.05, 4.69) is 23.2 Å². The minimum absolute atomic E-state index is 0.0446. The van der Waals surface area contributed by atoms with Crippen molar-refractivity contribution in [1.82, 2.24) is 9.88 Å². The first-order chi connectivity index (χ1) is 10.6. The number of piperidine rings is 1. The lowest BCUT2D eigenvalue weighted by atomic mass is 10.0. The lowest BCUT2D eigenvalue weighted by Crippen LogP contribution is -2.36. The Labute approximate surface area is 130 Å². The zero-order chi connectivity index (χ0) is 15.5. The number of oxazole rings is 1. The van der Waals surface area contributed by atoms with Gasteiger partial charge in [0.2, 0.25) is 5.76 Å². The molecule has 1 aromatic heterocycles. The molecule has 2 aromatic rings. The summed E-state index contributed by atoms with van der Waals surface area (Å²) < 4.78 is 5.43. The molecular weight excluding hydrogens is 276 g/mol. The molecule has 1 aliphatic heterocycles. The van der Waals surface area contributed by atoms with Crippen LogP contribution in [0.25, 0.3) is 6.08 Å². The van der Waals surface area contributed by atoms with Gasteiger partial charge in [0.15, 0.2) is 5.89 Å². The van der Waals surface area contributed by atoms with Crippen molar-refractivity contribution in [2.24, 2.45) is 0 Å². The molecule has 114 valence electrons. The van der Waals surface area contributed by atoms with Crippen molar-refractivity contribution in [2.75, 3.05) is 13.1 Å². The first-order valence-electron chi connectivity index (χ1n) is 7.61. The number of amides is 1. The number of rotatable bonds is 2. The molecule has 0 N–H and O–H groups in total. The van der Waals surface area contributed by atoms with Gasteiger partial charge in [-0.2, -0.15) is 0 Å². The molecule has 4 nitrogen and oxygen atoms in total. The second kappa shape index (κ2) is 6.18. The third-order valence-electron chi connectivity index (χ3n) is 3.96.